The highest BCUT2D eigenvalue weighted by atomic mass is 28.4. The van der Waals surface area contributed by atoms with E-state index in [0.717, 1.165) is 45.7 Å². The third-order valence-electron chi connectivity index (χ3n) is 15.2. The molecule has 536 valence electrons. The first-order valence-corrected chi connectivity index (χ1v) is 35.4. The summed E-state index contributed by atoms with van der Waals surface area (Å²) in [5.74, 6) is 0.299. The smallest absolute Gasteiger partial charge is 0.497 e. The van der Waals surface area contributed by atoms with Gasteiger partial charge in [-0.05, 0) is 119 Å². The molecule has 1 unspecified atom stereocenters. The van der Waals surface area contributed by atoms with Crippen molar-refractivity contribution in [1.29, 1.82) is 0 Å². The number of allylic oxidation sites excluding steroid dienone is 1. The molecule has 99 heavy (non-hydrogen) atoms. The number of methoxy groups -OCH3 is 4. The molecule has 6 aromatic carbocycles. The summed E-state index contributed by atoms with van der Waals surface area (Å²) in [6.07, 6.45) is 3.63. The Hall–Kier alpha value is -8.76. The molecule has 6 rings (SSSR count). The predicted molar refractivity (Wildman–Crippen MR) is 368 cm³/mol. The van der Waals surface area contributed by atoms with Gasteiger partial charge in [-0.2, -0.15) is 10.4 Å². The molecule has 7 N–H and O–H groups in total. The molecular formula is C72H93N2O23Si2+. The molecule has 0 bridgehead atoms. The highest BCUT2D eigenvalue weighted by Crippen LogP contribution is 2.43. The molecule has 1 atom stereocenters. The number of quaternary nitrogens is 1. The average Bonchev–Trinajstić information content (AvgIpc) is 0.765. The van der Waals surface area contributed by atoms with Gasteiger partial charge in [-0.25, -0.2) is 4.79 Å². The highest BCUT2D eigenvalue weighted by Gasteiger charge is 2.40. The number of carbonyl (C=O) groups is 5. The van der Waals surface area contributed by atoms with Crippen LogP contribution < -0.4 is 29.9 Å². The fourth-order valence-electron chi connectivity index (χ4n) is 9.67. The van der Waals surface area contributed by atoms with Crippen molar-refractivity contribution in [3.05, 3.63) is 222 Å². The number of Topliss-reactive ketones (excluding diaryl/α,β-unsaturated/α-hetero) is 1. The summed E-state index contributed by atoms with van der Waals surface area (Å²) < 4.78 is 74.3. The van der Waals surface area contributed by atoms with Crippen LogP contribution in [0.25, 0.3) is 0 Å². The van der Waals surface area contributed by atoms with Gasteiger partial charge >= 0.3 is 41.7 Å². The van der Waals surface area contributed by atoms with Crippen LogP contribution in [-0.2, 0) is 76.5 Å². The standard InChI is InChI=1S/C34H35NO11.C33H42O9Si.C5H15NO3Si/c1-24(10-11-25(2)41-3)34(26-8-6-5-7-9-26,27-12-16-29(42-4)17-13-27)44-23-22-43-31(36)20-21-32(37)46-33(38)45-30-18-14-28(15-19-30)35(39)40;1-37-30-18-13-27(14-19-30)33(26-10-6-5-7-11-26,28-15-20-31(38-2)21-16-28)42-24-23-41-32(35)22-17-29(34)12-8-9-25-43(36,39-3)40-4;1-8-10(7,9-2)5-3-4-6/h5-19,39-40H,1-2,20-23H2,3-4H3;5-7,10-11,13-16,18-21,36H,8-9,12,17,22-25H2,1-4H3;7H,3-6H2,1-2H3/p+1/b11-10-;;. The van der Waals surface area contributed by atoms with Gasteiger partial charge in [0.25, 0.3) is 0 Å². The van der Waals surface area contributed by atoms with Crippen LogP contribution >= 0.6 is 0 Å². The van der Waals surface area contributed by atoms with E-state index in [2.05, 4.69) is 17.9 Å². The summed E-state index contributed by atoms with van der Waals surface area (Å²) in [6.45, 7) is 8.60. The lowest BCUT2D eigenvalue weighted by Gasteiger charge is -2.36. The number of carbonyl (C=O) groups excluding carboxylic acids is 5. The molecule has 0 spiro atoms. The van der Waals surface area contributed by atoms with Crippen molar-refractivity contribution >= 4 is 53.1 Å². The Morgan fingerprint density at radius 1 is 0.475 bits per heavy atom. The normalized spacial score (nSPS) is 11.9. The van der Waals surface area contributed by atoms with Crippen molar-refractivity contribution in [2.75, 3.05) is 89.9 Å². The van der Waals surface area contributed by atoms with Gasteiger partial charge in [0, 0.05) is 65.5 Å². The Balaban J connectivity index is 0.000000369. The monoisotopic (exact) mass is 1410 g/mol. The van der Waals surface area contributed by atoms with E-state index in [9.17, 15) is 33.6 Å². The van der Waals surface area contributed by atoms with Crippen LogP contribution in [0.1, 0.15) is 79.2 Å². The molecule has 0 saturated heterocycles. The maximum atomic E-state index is 12.4. The lowest BCUT2D eigenvalue weighted by atomic mass is 9.80. The SMILES string of the molecule is C=C(/C=C\C(=C)C(OCCOC(=O)CCC(=O)OC(=O)Oc1ccc([NH+](O)O)cc1)(c1ccccc1)c1ccc(OC)cc1)OC.CO[Si](O)(CCCN)OC.COc1ccc(C(OCCOC(=O)CCC(=O)CCCC[Si](O)(OC)OC)(c2ccccc2)c2ccc(OC)cc2)cc1. The Morgan fingerprint density at radius 2 is 0.889 bits per heavy atom. The van der Waals surface area contributed by atoms with Crippen molar-refractivity contribution in [2.45, 2.75) is 74.7 Å². The fraction of sp³-hybridized carbons (Fsp3) is 0.347. The van der Waals surface area contributed by atoms with Crippen molar-refractivity contribution < 1.29 is 114 Å². The van der Waals surface area contributed by atoms with Crippen LogP contribution in [0.5, 0.6) is 23.0 Å². The summed E-state index contributed by atoms with van der Waals surface area (Å²) >= 11 is 0. The second kappa shape index (κ2) is 43.6. The minimum absolute atomic E-state index is 0.00484. The predicted octanol–water partition coefficient (Wildman–Crippen LogP) is 9.45. The second-order valence-corrected chi connectivity index (χ2v) is 27.0. The van der Waals surface area contributed by atoms with Gasteiger partial charge in [0.1, 0.15) is 59.0 Å². The molecular weight excluding hydrogens is 1320 g/mol. The highest BCUT2D eigenvalue weighted by molar-refractivity contribution is 6.59. The van der Waals surface area contributed by atoms with Crippen LogP contribution in [0.4, 0.5) is 10.5 Å². The number of rotatable bonds is 40. The largest absolute Gasteiger partial charge is 0.521 e. The number of nitrogens with one attached hydrogen (secondary N) is 1. The van der Waals surface area contributed by atoms with E-state index in [1.165, 1.54) is 59.8 Å². The number of nitrogens with two attached hydrogens (primary N) is 1. The lowest BCUT2D eigenvalue weighted by molar-refractivity contribution is -1.19. The molecule has 0 aliphatic heterocycles. The Labute approximate surface area is 580 Å². The molecule has 0 saturated carbocycles. The van der Waals surface area contributed by atoms with E-state index in [0.29, 0.717) is 55.0 Å². The molecule has 0 aromatic heterocycles. The van der Waals surface area contributed by atoms with E-state index in [-0.39, 0.29) is 62.9 Å². The van der Waals surface area contributed by atoms with Gasteiger partial charge in [0.05, 0.1) is 60.9 Å². The topological polar surface area (TPSA) is 326 Å². The van der Waals surface area contributed by atoms with Gasteiger partial charge in [-0.1, -0.05) is 116 Å². The number of hydrogen-bond donors (Lipinski definition) is 6. The maximum absolute atomic E-state index is 12.4. The molecule has 0 fully saturated rings. The molecule has 0 heterocycles. The maximum Gasteiger partial charge on any atom is 0.521 e. The first kappa shape index (κ1) is 82.7. The first-order chi connectivity index (χ1) is 47.6. The Bertz CT molecular complexity index is 3380. The zero-order chi connectivity index (χ0) is 72.7. The number of ketones is 1. The van der Waals surface area contributed by atoms with Crippen molar-refractivity contribution in [3.8, 4) is 23.0 Å². The summed E-state index contributed by atoms with van der Waals surface area (Å²) in [7, 11) is 6.12. The molecule has 6 aromatic rings. The first-order valence-electron chi connectivity index (χ1n) is 31.5. The van der Waals surface area contributed by atoms with Crippen LogP contribution in [-0.4, -0.2) is 157 Å². The minimum Gasteiger partial charge on any atom is -0.497 e. The third-order valence-corrected chi connectivity index (χ3v) is 19.7. The summed E-state index contributed by atoms with van der Waals surface area (Å²) in [4.78, 5) is 80.5. The number of esters is 3. The average molecular weight is 1410 g/mol. The summed E-state index contributed by atoms with van der Waals surface area (Å²) in [5, 5.41) is 17.2. The van der Waals surface area contributed by atoms with Crippen molar-refractivity contribution in [3.63, 3.8) is 0 Å². The van der Waals surface area contributed by atoms with E-state index < -0.39 is 64.5 Å². The fourth-order valence-corrected chi connectivity index (χ4v) is 12.2. The van der Waals surface area contributed by atoms with Gasteiger partial charge in [-0.3, -0.25) is 19.2 Å². The van der Waals surface area contributed by atoms with E-state index in [4.69, 9.17) is 76.5 Å². The Morgan fingerprint density at radius 3 is 1.34 bits per heavy atom. The second-order valence-electron chi connectivity index (χ2n) is 21.5. The zero-order valence-electron chi connectivity index (χ0n) is 57.3. The van der Waals surface area contributed by atoms with Crippen LogP contribution in [0.2, 0.25) is 12.1 Å². The molecule has 0 aliphatic carbocycles. The Kier molecular flexibility index (Phi) is 36.4. The van der Waals surface area contributed by atoms with Crippen molar-refractivity contribution in [1.82, 2.24) is 0 Å². The molecule has 0 radical (unpaired) electrons. The number of hydrogen-bond acceptors (Lipinski definition) is 24. The van der Waals surface area contributed by atoms with E-state index in [1.54, 1.807) is 45.6 Å². The van der Waals surface area contributed by atoms with Crippen LogP contribution in [0.3, 0.4) is 0 Å². The van der Waals surface area contributed by atoms with Gasteiger partial charge in [-0.15, -0.1) is 0 Å². The molecule has 0 amide bonds. The van der Waals surface area contributed by atoms with Crippen LogP contribution in [0.15, 0.2) is 194 Å². The minimum atomic E-state index is -3.12. The quantitative estimate of drug-likeness (QED) is 0.00199. The lowest BCUT2D eigenvalue weighted by Crippen LogP contribution is -3.01. The zero-order valence-corrected chi connectivity index (χ0v) is 59.3. The summed E-state index contributed by atoms with van der Waals surface area (Å²) in [5.41, 5.74) is 7.82. The van der Waals surface area contributed by atoms with E-state index >= 15 is 0 Å². The molecule has 25 nitrogen and oxygen atoms in total. The molecule has 0 aliphatic rings. The van der Waals surface area contributed by atoms with Gasteiger partial charge in [0.15, 0.2) is 5.69 Å². The van der Waals surface area contributed by atoms with Gasteiger partial charge in [0.2, 0.25) is 0 Å². The number of ether oxygens (including phenoxy) is 10. The third kappa shape index (κ3) is 26.8. The summed E-state index contributed by atoms with van der Waals surface area (Å²) in [6, 6.07) is 48.0. The number of unbranched alkanes of at least 4 members (excludes halogenated alkanes) is 1. The van der Waals surface area contributed by atoms with Gasteiger partial charge < -0.3 is 80.4 Å². The molecule has 27 heteroatoms. The van der Waals surface area contributed by atoms with Crippen LogP contribution in [0, 0.1) is 0 Å². The number of benzene rings is 6. The van der Waals surface area contributed by atoms with E-state index in [1.807, 2.05) is 121 Å². The van der Waals surface area contributed by atoms with Crippen molar-refractivity contribution in [2.24, 2.45) is 5.73 Å².